The Morgan fingerprint density at radius 3 is 2.95 bits per heavy atom. The minimum atomic E-state index is -0.335. The Kier molecular flexibility index (Phi) is 3.48. The molecule has 0 aliphatic carbocycles. The molecule has 1 unspecified atom stereocenters. The predicted octanol–water partition coefficient (Wildman–Crippen LogP) is 2.25. The first-order chi connectivity index (χ1) is 9.67. The second kappa shape index (κ2) is 5.28. The molecule has 5 nitrogen and oxygen atoms in total. The summed E-state index contributed by atoms with van der Waals surface area (Å²) < 4.78 is 0. The molecule has 2 aliphatic heterocycles. The van der Waals surface area contributed by atoms with E-state index in [2.05, 4.69) is 22.5 Å². The third kappa shape index (κ3) is 2.43. The summed E-state index contributed by atoms with van der Waals surface area (Å²) in [5.74, 6) is 0.388. The van der Waals surface area contributed by atoms with Crippen LogP contribution in [0.25, 0.3) is 0 Å². The van der Waals surface area contributed by atoms with E-state index in [4.69, 9.17) is 0 Å². The monoisotopic (exact) mass is 289 g/mol. The van der Waals surface area contributed by atoms with Gasteiger partial charge in [-0.15, -0.1) is 0 Å². The number of carbonyl (C=O) groups excluding carboxylic acids is 2. The van der Waals surface area contributed by atoms with Gasteiger partial charge >= 0.3 is 0 Å². The average molecular weight is 289 g/mol. The number of thioether (sulfide) groups is 1. The maximum absolute atomic E-state index is 11.6. The lowest BCUT2D eigenvalue weighted by Gasteiger charge is -2.19. The number of hydrogen-bond donors (Lipinski definition) is 2. The number of imide groups is 1. The van der Waals surface area contributed by atoms with Crippen LogP contribution in [0.5, 0.6) is 0 Å². The molecule has 2 aliphatic rings. The Bertz CT molecular complexity index is 612. The molecule has 20 heavy (non-hydrogen) atoms. The van der Waals surface area contributed by atoms with Crippen LogP contribution in [0.1, 0.15) is 40.5 Å². The molecule has 0 bridgehead atoms. The van der Waals surface area contributed by atoms with Crippen molar-refractivity contribution in [3.8, 4) is 0 Å². The van der Waals surface area contributed by atoms with Crippen LogP contribution in [0.2, 0.25) is 0 Å². The molecule has 2 N–H and O–H groups in total. The summed E-state index contributed by atoms with van der Waals surface area (Å²) in [6.45, 7) is 2.13. The number of amidine groups is 1. The fraction of sp³-hybridized carbons (Fsp3) is 0.357. The number of hydrogen-bond acceptors (Lipinski definition) is 5. The largest absolute Gasteiger partial charge is 0.335 e. The van der Waals surface area contributed by atoms with E-state index >= 15 is 0 Å². The maximum atomic E-state index is 11.6. The molecule has 1 atom stereocenters. The van der Waals surface area contributed by atoms with Gasteiger partial charge in [0.2, 0.25) is 0 Å². The van der Waals surface area contributed by atoms with Gasteiger partial charge in [-0.25, -0.2) is 0 Å². The zero-order valence-electron chi connectivity index (χ0n) is 11.1. The van der Waals surface area contributed by atoms with Gasteiger partial charge in [0.05, 0.1) is 17.2 Å². The van der Waals surface area contributed by atoms with Crippen LogP contribution in [0.4, 0.5) is 5.69 Å². The molecule has 0 aromatic heterocycles. The van der Waals surface area contributed by atoms with E-state index in [-0.39, 0.29) is 11.8 Å². The Labute approximate surface area is 121 Å². The number of benzene rings is 1. The van der Waals surface area contributed by atoms with E-state index in [1.807, 2.05) is 0 Å². The summed E-state index contributed by atoms with van der Waals surface area (Å²) >= 11 is 1.68. The second-order valence-electron chi connectivity index (χ2n) is 4.80. The van der Waals surface area contributed by atoms with E-state index in [0.29, 0.717) is 17.2 Å². The van der Waals surface area contributed by atoms with Crippen LogP contribution in [0, 0.1) is 0 Å². The standard InChI is InChI=1S/C14H15N3O2S/c1-2-8-5-6-20-14(15-8)16-9-3-4-10-11(7-9)13(19)17-12(10)18/h3-4,7-8H,2,5-6H2,1H3,(H,15,16)(H,17,18,19). The Balaban J connectivity index is 1.82. The van der Waals surface area contributed by atoms with Crippen molar-refractivity contribution in [2.75, 3.05) is 11.1 Å². The molecular formula is C14H15N3O2S. The summed E-state index contributed by atoms with van der Waals surface area (Å²) in [6.07, 6.45) is 2.14. The Morgan fingerprint density at radius 1 is 1.35 bits per heavy atom. The van der Waals surface area contributed by atoms with Gasteiger partial charge in [0, 0.05) is 11.4 Å². The lowest BCUT2D eigenvalue weighted by atomic mass is 10.1. The van der Waals surface area contributed by atoms with Crippen LogP contribution < -0.4 is 10.6 Å². The van der Waals surface area contributed by atoms with Gasteiger partial charge in [-0.3, -0.25) is 19.9 Å². The molecule has 1 aromatic carbocycles. The first kappa shape index (κ1) is 13.2. The van der Waals surface area contributed by atoms with Gasteiger partial charge in [-0.05, 0) is 31.0 Å². The normalized spacial score (nSPS) is 21.2. The van der Waals surface area contributed by atoms with Crippen molar-refractivity contribution in [2.45, 2.75) is 25.8 Å². The quantitative estimate of drug-likeness (QED) is 0.819. The van der Waals surface area contributed by atoms with Crippen molar-refractivity contribution >= 4 is 34.4 Å². The van der Waals surface area contributed by atoms with Gasteiger partial charge < -0.3 is 5.32 Å². The molecule has 0 saturated carbocycles. The topological polar surface area (TPSA) is 70.6 Å². The molecule has 0 spiro atoms. The lowest BCUT2D eigenvalue weighted by molar-refractivity contribution is 0.0879. The molecule has 0 fully saturated rings. The molecule has 1 aromatic rings. The fourth-order valence-electron chi connectivity index (χ4n) is 2.29. The van der Waals surface area contributed by atoms with Crippen LogP contribution in [0.15, 0.2) is 23.2 Å². The lowest BCUT2D eigenvalue weighted by Crippen LogP contribution is -2.20. The van der Waals surface area contributed by atoms with E-state index in [9.17, 15) is 9.59 Å². The predicted molar refractivity (Wildman–Crippen MR) is 80.5 cm³/mol. The zero-order valence-corrected chi connectivity index (χ0v) is 11.9. The first-order valence-electron chi connectivity index (χ1n) is 6.64. The number of nitrogens with one attached hydrogen (secondary N) is 2. The van der Waals surface area contributed by atoms with E-state index in [1.54, 1.807) is 30.0 Å². The minimum absolute atomic E-state index is 0.327. The van der Waals surface area contributed by atoms with E-state index in [1.165, 1.54) is 0 Å². The third-order valence-corrected chi connectivity index (χ3v) is 4.37. The third-order valence-electron chi connectivity index (χ3n) is 3.45. The van der Waals surface area contributed by atoms with Crippen molar-refractivity contribution in [1.82, 2.24) is 5.32 Å². The van der Waals surface area contributed by atoms with Crippen LogP contribution >= 0.6 is 11.8 Å². The average Bonchev–Trinajstić information content (AvgIpc) is 2.74. The summed E-state index contributed by atoms with van der Waals surface area (Å²) in [5.41, 5.74) is 1.65. The highest BCUT2D eigenvalue weighted by Gasteiger charge is 2.26. The molecule has 2 amide bonds. The molecule has 0 radical (unpaired) electrons. The van der Waals surface area contributed by atoms with Crippen LogP contribution in [-0.4, -0.2) is 28.8 Å². The maximum Gasteiger partial charge on any atom is 0.259 e. The molecule has 6 heteroatoms. The highest BCUT2D eigenvalue weighted by molar-refractivity contribution is 8.14. The van der Waals surface area contributed by atoms with E-state index in [0.717, 1.165) is 29.4 Å². The smallest absolute Gasteiger partial charge is 0.259 e. The molecule has 3 rings (SSSR count). The number of rotatable bonds is 2. The summed E-state index contributed by atoms with van der Waals surface area (Å²) in [5, 5.41) is 6.40. The van der Waals surface area contributed by atoms with E-state index < -0.39 is 0 Å². The number of aliphatic imine (C=N–C) groups is 1. The van der Waals surface area contributed by atoms with Gasteiger partial charge in [0.15, 0.2) is 5.17 Å². The highest BCUT2D eigenvalue weighted by atomic mass is 32.2. The van der Waals surface area contributed by atoms with Crippen molar-refractivity contribution in [3.63, 3.8) is 0 Å². The molecule has 0 saturated heterocycles. The minimum Gasteiger partial charge on any atom is -0.335 e. The SMILES string of the molecule is CCC1CCSC(Nc2ccc3c(c2)C(=O)NC3=O)=N1. The van der Waals surface area contributed by atoms with Crippen molar-refractivity contribution < 1.29 is 9.59 Å². The number of anilines is 1. The van der Waals surface area contributed by atoms with Crippen LogP contribution in [-0.2, 0) is 0 Å². The van der Waals surface area contributed by atoms with Gasteiger partial charge in [0.25, 0.3) is 11.8 Å². The number of carbonyl (C=O) groups is 2. The first-order valence-corrected chi connectivity index (χ1v) is 7.63. The Morgan fingerprint density at radius 2 is 2.15 bits per heavy atom. The fourth-order valence-corrected chi connectivity index (χ4v) is 3.29. The van der Waals surface area contributed by atoms with Gasteiger partial charge in [-0.1, -0.05) is 18.7 Å². The summed E-state index contributed by atoms with van der Waals surface area (Å²) in [4.78, 5) is 27.7. The second-order valence-corrected chi connectivity index (χ2v) is 5.89. The molecule has 2 heterocycles. The highest BCUT2D eigenvalue weighted by Crippen LogP contribution is 2.24. The molecule has 104 valence electrons. The van der Waals surface area contributed by atoms with Gasteiger partial charge in [0.1, 0.15) is 0 Å². The number of amides is 2. The Hall–Kier alpha value is -1.82. The van der Waals surface area contributed by atoms with Crippen LogP contribution in [0.3, 0.4) is 0 Å². The molecular weight excluding hydrogens is 274 g/mol. The summed E-state index contributed by atoms with van der Waals surface area (Å²) in [6, 6.07) is 5.55. The van der Waals surface area contributed by atoms with Crippen molar-refractivity contribution in [2.24, 2.45) is 4.99 Å². The van der Waals surface area contributed by atoms with Crippen molar-refractivity contribution in [1.29, 1.82) is 0 Å². The van der Waals surface area contributed by atoms with Gasteiger partial charge in [-0.2, -0.15) is 0 Å². The summed E-state index contributed by atoms with van der Waals surface area (Å²) in [7, 11) is 0. The number of nitrogens with zero attached hydrogens (tertiary/aromatic N) is 1. The number of fused-ring (bicyclic) bond motifs is 1. The zero-order chi connectivity index (χ0) is 14.1. The van der Waals surface area contributed by atoms with Crippen molar-refractivity contribution in [3.05, 3.63) is 29.3 Å².